The summed E-state index contributed by atoms with van der Waals surface area (Å²) in [6.45, 7) is 0. The molecular weight excluding hydrogens is 346 g/mol. The first-order valence-electron chi connectivity index (χ1n) is 9.25. The largest absolute Gasteiger partial charge is 0.355 e. The molecule has 5 aromatic rings. The van der Waals surface area contributed by atoms with E-state index in [0.717, 1.165) is 17.8 Å². The van der Waals surface area contributed by atoms with E-state index in [1.54, 1.807) is 0 Å². The first-order chi connectivity index (χ1) is 13.3. The number of fused-ring (bicyclic) bond motifs is 6. The first kappa shape index (κ1) is 15.0. The smallest absolute Gasteiger partial charge is 0.0391 e. The Morgan fingerprint density at radius 2 is 1.33 bits per heavy atom. The van der Waals surface area contributed by atoms with E-state index in [4.69, 9.17) is 0 Å². The van der Waals surface area contributed by atoms with Crippen molar-refractivity contribution in [2.45, 2.75) is 6.42 Å². The van der Waals surface area contributed by atoms with Crippen LogP contribution in [0.4, 0.5) is 11.4 Å². The normalized spacial score (nSPS) is 12.3. The standard InChI is InChI=1S/C25H17NS/c1-2-6-20-16(5-1)13-17-9-10-18(14-22(17)20)26-19-11-12-25-23(15-19)21-7-3-4-8-24(21)27-25/h1-12,14-15,26H,13H2. The fourth-order valence-corrected chi connectivity index (χ4v) is 5.26. The Morgan fingerprint density at radius 1 is 0.593 bits per heavy atom. The molecule has 0 aliphatic heterocycles. The van der Waals surface area contributed by atoms with Crippen molar-refractivity contribution in [1.82, 2.24) is 0 Å². The van der Waals surface area contributed by atoms with Crippen molar-refractivity contribution in [2.75, 3.05) is 5.32 Å². The summed E-state index contributed by atoms with van der Waals surface area (Å²) in [6.07, 6.45) is 1.04. The van der Waals surface area contributed by atoms with E-state index in [-0.39, 0.29) is 0 Å². The van der Waals surface area contributed by atoms with E-state index in [1.165, 1.54) is 42.4 Å². The zero-order chi connectivity index (χ0) is 17.8. The molecule has 1 N–H and O–H groups in total. The average molecular weight is 363 g/mol. The van der Waals surface area contributed by atoms with E-state index in [2.05, 4.69) is 90.2 Å². The minimum atomic E-state index is 1.04. The third kappa shape index (κ3) is 2.37. The van der Waals surface area contributed by atoms with Gasteiger partial charge in [-0.2, -0.15) is 0 Å². The monoisotopic (exact) mass is 363 g/mol. The molecule has 4 aromatic carbocycles. The Balaban J connectivity index is 1.41. The van der Waals surface area contributed by atoms with Crippen LogP contribution >= 0.6 is 11.3 Å². The van der Waals surface area contributed by atoms with Gasteiger partial charge >= 0.3 is 0 Å². The molecule has 0 saturated carbocycles. The van der Waals surface area contributed by atoms with Crippen LogP contribution in [0.1, 0.15) is 11.1 Å². The maximum Gasteiger partial charge on any atom is 0.0391 e. The lowest BCUT2D eigenvalue weighted by Gasteiger charge is -2.09. The van der Waals surface area contributed by atoms with Gasteiger partial charge in [0, 0.05) is 31.5 Å². The summed E-state index contributed by atoms with van der Waals surface area (Å²) in [5.74, 6) is 0. The molecular formula is C25H17NS. The minimum Gasteiger partial charge on any atom is -0.355 e. The highest BCUT2D eigenvalue weighted by Crippen LogP contribution is 2.39. The molecule has 1 aliphatic rings. The fraction of sp³-hybridized carbons (Fsp3) is 0.0400. The van der Waals surface area contributed by atoms with Gasteiger partial charge in [-0.1, -0.05) is 48.5 Å². The van der Waals surface area contributed by atoms with Crippen molar-refractivity contribution in [3.05, 3.63) is 96.1 Å². The molecule has 0 saturated heterocycles. The van der Waals surface area contributed by atoms with Gasteiger partial charge in [0.2, 0.25) is 0 Å². The van der Waals surface area contributed by atoms with Gasteiger partial charge in [-0.25, -0.2) is 0 Å². The van der Waals surface area contributed by atoms with Gasteiger partial charge in [0.15, 0.2) is 0 Å². The fourth-order valence-electron chi connectivity index (χ4n) is 4.17. The summed E-state index contributed by atoms with van der Waals surface area (Å²) in [5, 5.41) is 6.28. The summed E-state index contributed by atoms with van der Waals surface area (Å²) in [5.41, 5.74) is 7.85. The van der Waals surface area contributed by atoms with Crippen LogP contribution < -0.4 is 5.32 Å². The summed E-state index contributed by atoms with van der Waals surface area (Å²) in [6, 6.07) is 30.8. The number of anilines is 2. The van der Waals surface area contributed by atoms with Gasteiger partial charge in [0.05, 0.1) is 0 Å². The third-order valence-corrected chi connectivity index (χ3v) is 6.62. The third-order valence-electron chi connectivity index (χ3n) is 5.46. The van der Waals surface area contributed by atoms with Crippen LogP contribution in [0.2, 0.25) is 0 Å². The van der Waals surface area contributed by atoms with Crippen LogP contribution in [-0.4, -0.2) is 0 Å². The molecule has 0 bridgehead atoms. The molecule has 0 unspecified atom stereocenters. The maximum absolute atomic E-state index is 3.62. The lowest BCUT2D eigenvalue weighted by molar-refractivity contribution is 1.26. The molecule has 0 radical (unpaired) electrons. The Bertz CT molecular complexity index is 1330. The second-order valence-electron chi connectivity index (χ2n) is 7.14. The van der Waals surface area contributed by atoms with E-state index < -0.39 is 0 Å². The highest BCUT2D eigenvalue weighted by atomic mass is 32.1. The van der Waals surface area contributed by atoms with Gasteiger partial charge in [-0.3, -0.25) is 0 Å². The van der Waals surface area contributed by atoms with E-state index in [0.29, 0.717) is 0 Å². The van der Waals surface area contributed by atoms with E-state index in [1.807, 2.05) is 11.3 Å². The van der Waals surface area contributed by atoms with Crippen LogP contribution in [0.15, 0.2) is 84.9 Å². The lowest BCUT2D eigenvalue weighted by Crippen LogP contribution is -1.91. The maximum atomic E-state index is 3.62. The summed E-state index contributed by atoms with van der Waals surface area (Å²) in [4.78, 5) is 0. The van der Waals surface area contributed by atoms with Crippen LogP contribution in [-0.2, 0) is 6.42 Å². The van der Waals surface area contributed by atoms with Crippen molar-refractivity contribution in [2.24, 2.45) is 0 Å². The number of nitrogens with one attached hydrogen (secondary N) is 1. The van der Waals surface area contributed by atoms with Crippen LogP contribution in [0.25, 0.3) is 31.3 Å². The highest BCUT2D eigenvalue weighted by Gasteiger charge is 2.17. The predicted octanol–water partition coefficient (Wildman–Crippen LogP) is 7.37. The Kier molecular flexibility index (Phi) is 3.17. The quantitative estimate of drug-likeness (QED) is 0.339. The zero-order valence-corrected chi connectivity index (χ0v) is 15.5. The molecule has 2 heteroatoms. The second-order valence-corrected chi connectivity index (χ2v) is 8.22. The van der Waals surface area contributed by atoms with Crippen LogP contribution in [0, 0.1) is 0 Å². The molecule has 128 valence electrons. The molecule has 27 heavy (non-hydrogen) atoms. The van der Waals surface area contributed by atoms with Crippen LogP contribution in [0.3, 0.4) is 0 Å². The topological polar surface area (TPSA) is 12.0 Å². The van der Waals surface area contributed by atoms with Gasteiger partial charge < -0.3 is 5.32 Å². The SMILES string of the molecule is c1ccc2c(c1)Cc1ccc(Nc3ccc4sc5ccccc5c4c3)cc1-2. The van der Waals surface area contributed by atoms with Gasteiger partial charge in [-0.05, 0) is 65.1 Å². The van der Waals surface area contributed by atoms with Crippen molar-refractivity contribution in [3.8, 4) is 11.1 Å². The Labute approximate surface area is 161 Å². The van der Waals surface area contributed by atoms with Crippen molar-refractivity contribution in [1.29, 1.82) is 0 Å². The summed E-state index contributed by atoms with van der Waals surface area (Å²) < 4.78 is 2.68. The molecule has 0 spiro atoms. The van der Waals surface area contributed by atoms with Crippen molar-refractivity contribution in [3.63, 3.8) is 0 Å². The summed E-state index contributed by atoms with van der Waals surface area (Å²) in [7, 11) is 0. The van der Waals surface area contributed by atoms with Gasteiger partial charge in [-0.15, -0.1) is 11.3 Å². The lowest BCUT2D eigenvalue weighted by atomic mass is 10.1. The van der Waals surface area contributed by atoms with Crippen molar-refractivity contribution < 1.29 is 0 Å². The second kappa shape index (κ2) is 5.70. The van der Waals surface area contributed by atoms with Gasteiger partial charge in [0.1, 0.15) is 0 Å². The predicted molar refractivity (Wildman–Crippen MR) is 117 cm³/mol. The minimum absolute atomic E-state index is 1.04. The number of hydrogen-bond acceptors (Lipinski definition) is 2. The molecule has 1 nitrogen and oxygen atoms in total. The highest BCUT2D eigenvalue weighted by molar-refractivity contribution is 7.25. The molecule has 0 fully saturated rings. The number of benzene rings is 4. The summed E-state index contributed by atoms with van der Waals surface area (Å²) >= 11 is 1.86. The van der Waals surface area contributed by atoms with Crippen molar-refractivity contribution >= 4 is 42.9 Å². The van der Waals surface area contributed by atoms with E-state index in [9.17, 15) is 0 Å². The molecule has 1 aliphatic carbocycles. The Morgan fingerprint density at radius 3 is 2.33 bits per heavy atom. The zero-order valence-electron chi connectivity index (χ0n) is 14.7. The number of rotatable bonds is 2. The van der Waals surface area contributed by atoms with Gasteiger partial charge in [0.25, 0.3) is 0 Å². The molecule has 0 amide bonds. The van der Waals surface area contributed by atoms with E-state index >= 15 is 0 Å². The van der Waals surface area contributed by atoms with Crippen LogP contribution in [0.5, 0.6) is 0 Å². The number of thiophene rings is 1. The average Bonchev–Trinajstić information content (AvgIpc) is 3.26. The molecule has 1 heterocycles. The number of hydrogen-bond donors (Lipinski definition) is 1. The first-order valence-corrected chi connectivity index (χ1v) is 10.1. The molecule has 6 rings (SSSR count). The molecule has 1 aromatic heterocycles. The molecule has 0 atom stereocenters. The Hall–Kier alpha value is -3.10.